The number of hydrogen-bond donors (Lipinski definition) is 0. The van der Waals surface area contributed by atoms with Gasteiger partial charge in [-0.3, -0.25) is 6.08 Å². The third-order valence-corrected chi connectivity index (χ3v) is 11.1. The normalized spacial score (nSPS) is 14.9. The second-order valence-corrected chi connectivity index (χ2v) is 15.8. The minimum absolute atomic E-state index is 0. The molecule has 5 aromatic rings. The van der Waals surface area contributed by atoms with Crippen molar-refractivity contribution >= 4 is 14.4 Å². The molecule has 0 radical (unpaired) electrons. The molecule has 3 aliphatic carbocycles. The van der Waals surface area contributed by atoms with Gasteiger partial charge in [0.2, 0.25) is 0 Å². The number of fused-ring (bicyclic) bond motifs is 5. The smallest absolute Gasteiger partial charge is 1.00 e. The second-order valence-electron chi connectivity index (χ2n) is 14.6. The molecule has 256 valence electrons. The fourth-order valence-electron chi connectivity index (χ4n) is 7.45. The molecule has 50 heavy (non-hydrogen) atoms. The Morgan fingerprint density at radius 1 is 0.700 bits per heavy atom. The first-order chi connectivity index (χ1) is 22.6. The molecule has 0 bridgehead atoms. The molecule has 0 aromatic heterocycles. The van der Waals surface area contributed by atoms with Crippen molar-refractivity contribution in [1.29, 1.82) is 0 Å². The summed E-state index contributed by atoms with van der Waals surface area (Å²) in [5.41, 5.74) is 18.9. The first-order valence-electron chi connectivity index (χ1n) is 16.6. The molecule has 0 saturated carbocycles. The van der Waals surface area contributed by atoms with Gasteiger partial charge in [-0.15, -0.1) is 11.6 Å². The monoisotopic (exact) mass is 780 g/mol. The molecule has 0 aliphatic heterocycles. The minimum Gasteiger partial charge on any atom is -1.00 e. The Bertz CT molecular complexity index is 2000. The molecule has 3 aliphatic rings. The molecule has 0 amide bonds. The first kappa shape index (κ1) is 39.7. The van der Waals surface area contributed by atoms with Crippen molar-refractivity contribution in [2.45, 2.75) is 72.6 Å². The van der Waals surface area contributed by atoms with Crippen LogP contribution in [0.1, 0.15) is 97.2 Å². The molecule has 0 spiro atoms. The van der Waals surface area contributed by atoms with Crippen LogP contribution in [0, 0.1) is 31.6 Å². The van der Waals surface area contributed by atoms with E-state index in [1.807, 2.05) is 12.1 Å². The van der Waals surface area contributed by atoms with Crippen molar-refractivity contribution in [2.24, 2.45) is 0 Å². The maximum Gasteiger partial charge on any atom is -1.00 e. The number of halogens is 4. The van der Waals surface area contributed by atoms with E-state index >= 15 is 0 Å². The minimum atomic E-state index is -0.270. The number of hydrogen-bond acceptors (Lipinski definition) is 0. The zero-order valence-electron chi connectivity index (χ0n) is 30.0. The molecule has 8 rings (SSSR count). The molecule has 0 atom stereocenters. The number of aryl methyl sites for hydroxylation is 2. The van der Waals surface area contributed by atoms with Crippen LogP contribution in [0.5, 0.6) is 0 Å². The summed E-state index contributed by atoms with van der Waals surface area (Å²) in [6.07, 6.45) is 7.13. The molecule has 0 N–H and O–H groups in total. The van der Waals surface area contributed by atoms with Gasteiger partial charge in [0.1, 0.15) is 0 Å². The maximum absolute atomic E-state index is 13.0. The average Bonchev–Trinajstić information content (AvgIpc) is 3.71. The van der Waals surface area contributed by atoms with Gasteiger partial charge in [0.15, 0.2) is 0 Å². The summed E-state index contributed by atoms with van der Waals surface area (Å²) in [7, 11) is 0. The summed E-state index contributed by atoms with van der Waals surface area (Å²) in [6.45, 7) is 17.9. The van der Waals surface area contributed by atoms with Crippen molar-refractivity contribution in [3.8, 4) is 11.1 Å². The average molecular weight is 783 g/mol. The van der Waals surface area contributed by atoms with E-state index in [2.05, 4.69) is 110 Å². The molecule has 5 heteroatoms. The molecule has 0 saturated heterocycles. The van der Waals surface area contributed by atoms with Gasteiger partial charge in [-0.2, -0.15) is 23.3 Å². The quantitative estimate of drug-likeness (QED) is 0.202. The van der Waals surface area contributed by atoms with Crippen LogP contribution in [-0.2, 0) is 41.5 Å². The van der Waals surface area contributed by atoms with Crippen LogP contribution in [0.15, 0.2) is 97.1 Å². The van der Waals surface area contributed by atoms with E-state index < -0.39 is 0 Å². The van der Waals surface area contributed by atoms with Crippen LogP contribution in [-0.4, -0.2) is 3.21 Å². The van der Waals surface area contributed by atoms with Gasteiger partial charge >= 0.3 is 108 Å². The largest absolute Gasteiger partial charge is 1.00 e. The first-order valence-corrected chi connectivity index (χ1v) is 17.8. The van der Waals surface area contributed by atoms with Crippen molar-refractivity contribution in [3.05, 3.63) is 170 Å². The van der Waals surface area contributed by atoms with Crippen molar-refractivity contribution < 1.29 is 57.8 Å². The predicted octanol–water partition coefficient (Wildman–Crippen LogP) is 5.56. The summed E-state index contributed by atoms with van der Waals surface area (Å²) < 4.78 is 27.0. The van der Waals surface area contributed by atoms with Crippen LogP contribution >= 0.6 is 0 Å². The van der Waals surface area contributed by atoms with Crippen LogP contribution in [0.3, 0.4) is 0 Å². The number of allylic oxidation sites excluding steroid dienone is 4. The van der Waals surface area contributed by atoms with Gasteiger partial charge in [-0.1, -0.05) is 72.1 Å². The Kier molecular flexibility index (Phi) is 12.1. The van der Waals surface area contributed by atoms with Crippen molar-refractivity contribution in [2.75, 3.05) is 0 Å². The summed E-state index contributed by atoms with van der Waals surface area (Å²) in [6, 6.07) is 28.9. The Balaban J connectivity index is 0.000000193. The summed E-state index contributed by atoms with van der Waals surface area (Å²) >= 11 is 1.13. The van der Waals surface area contributed by atoms with Gasteiger partial charge in [0, 0.05) is 5.41 Å². The second kappa shape index (κ2) is 15.3. The van der Waals surface area contributed by atoms with Gasteiger partial charge in [0.05, 0.1) is 0 Å². The SMILES string of the molecule is CC1=[C-]C(C)(C)c2cc3c(cc21)-c1cc2c(cc1C3)C(C)(C)C=C2C.Cc1c[cH-]c(C)c1.Fc1cccc([C](=[Zr+2])c2cccc(F)c2)c1.[Cl-].[Cl-]. The fourth-order valence-corrected chi connectivity index (χ4v) is 8.21. The summed E-state index contributed by atoms with van der Waals surface area (Å²) in [5.74, 6) is -0.539. The van der Waals surface area contributed by atoms with Crippen molar-refractivity contribution in [3.63, 3.8) is 0 Å². The van der Waals surface area contributed by atoms with E-state index in [0.717, 1.165) is 45.0 Å². The molecule has 0 heterocycles. The van der Waals surface area contributed by atoms with Gasteiger partial charge in [-0.05, 0) is 58.4 Å². The molecule has 0 nitrogen and oxygen atoms in total. The van der Waals surface area contributed by atoms with E-state index in [1.54, 1.807) is 12.1 Å². The molecular formula is C45H42Cl2F2Zr-2. The van der Waals surface area contributed by atoms with Crippen LogP contribution in [0.2, 0.25) is 0 Å². The van der Waals surface area contributed by atoms with Gasteiger partial charge in [-0.25, -0.2) is 17.2 Å². The van der Waals surface area contributed by atoms with Crippen LogP contribution in [0.25, 0.3) is 22.3 Å². The van der Waals surface area contributed by atoms with Gasteiger partial charge in [0.25, 0.3) is 0 Å². The van der Waals surface area contributed by atoms with Crippen molar-refractivity contribution in [1.82, 2.24) is 0 Å². The zero-order valence-corrected chi connectivity index (χ0v) is 33.9. The molecule has 5 aromatic carbocycles. The Labute approximate surface area is 324 Å². The van der Waals surface area contributed by atoms with E-state index in [4.69, 9.17) is 0 Å². The number of rotatable bonds is 2. The standard InChI is InChI=1S/C25H25.C13H8F2.C7H9.2ClH.Zr/c1-14-12-24(3,4)22-8-16-7-17-9-23-19(15(2)13-25(23,5)6)11-21(17)20(16)10-18(14)22;14-12-5-1-3-10(8-12)7-11-4-2-6-13(15)9-11;1-6-3-4-7(2)5-6;;;/h8-12H,7H2,1-6H3;1-6,8-9H;3-5H,1-2H3;2*1H;/q-1;;-1;;;+2/p-2. The third-order valence-electron chi connectivity index (χ3n) is 9.72. The fraction of sp³-hybridized carbons (Fsp3) is 0.244. The van der Waals surface area contributed by atoms with E-state index in [1.165, 1.54) is 91.0 Å². The Morgan fingerprint density at radius 3 is 1.72 bits per heavy atom. The van der Waals surface area contributed by atoms with Crippen LogP contribution < -0.4 is 24.8 Å². The summed E-state index contributed by atoms with van der Waals surface area (Å²) in [4.78, 5) is 0. The third kappa shape index (κ3) is 8.02. The topological polar surface area (TPSA) is 0 Å². The molecule has 0 fully saturated rings. The maximum atomic E-state index is 13.0. The van der Waals surface area contributed by atoms with E-state index in [0.29, 0.717) is 0 Å². The van der Waals surface area contributed by atoms with E-state index in [9.17, 15) is 8.78 Å². The zero-order chi connectivity index (χ0) is 34.5. The predicted molar refractivity (Wildman–Crippen MR) is 194 cm³/mol. The summed E-state index contributed by atoms with van der Waals surface area (Å²) in [5, 5.41) is 0. The number of benzene rings is 4. The Morgan fingerprint density at radius 2 is 1.24 bits per heavy atom. The molecular weight excluding hydrogens is 741 g/mol. The molecule has 0 unspecified atom stereocenters. The Hall–Kier alpha value is -3.10. The van der Waals surface area contributed by atoms with Crippen LogP contribution in [0.4, 0.5) is 8.78 Å². The van der Waals surface area contributed by atoms with E-state index in [-0.39, 0.29) is 47.3 Å². The van der Waals surface area contributed by atoms with Gasteiger partial charge < -0.3 is 24.8 Å².